The first kappa shape index (κ1) is 15.0. The lowest BCUT2D eigenvalue weighted by molar-refractivity contribution is -0.142. The second kappa shape index (κ2) is 7.41. The fourth-order valence-corrected chi connectivity index (χ4v) is 1.68. The SMILES string of the molecule is CCOc1ccccc1NC(=O)C(=O)N(CC)CC. The zero-order chi connectivity index (χ0) is 14.3. The van der Waals surface area contributed by atoms with Gasteiger partial charge in [-0.05, 0) is 32.9 Å². The second-order valence-electron chi connectivity index (χ2n) is 3.86. The molecule has 0 bridgehead atoms. The molecule has 0 saturated carbocycles. The lowest BCUT2D eigenvalue weighted by Gasteiger charge is -2.18. The van der Waals surface area contributed by atoms with Gasteiger partial charge in [0, 0.05) is 13.1 Å². The average molecular weight is 264 g/mol. The van der Waals surface area contributed by atoms with E-state index in [0.717, 1.165) is 0 Å². The van der Waals surface area contributed by atoms with Crippen molar-refractivity contribution < 1.29 is 14.3 Å². The third-order valence-corrected chi connectivity index (χ3v) is 2.68. The van der Waals surface area contributed by atoms with Gasteiger partial charge in [0.05, 0.1) is 12.3 Å². The Bertz CT molecular complexity index is 442. The zero-order valence-electron chi connectivity index (χ0n) is 11.6. The van der Waals surface area contributed by atoms with Crippen molar-refractivity contribution in [3.8, 4) is 5.75 Å². The van der Waals surface area contributed by atoms with Crippen LogP contribution in [0.25, 0.3) is 0 Å². The van der Waals surface area contributed by atoms with Crippen LogP contribution in [0.1, 0.15) is 20.8 Å². The molecule has 0 aliphatic carbocycles. The minimum Gasteiger partial charge on any atom is -0.492 e. The predicted molar refractivity (Wildman–Crippen MR) is 74.2 cm³/mol. The number of rotatable bonds is 5. The van der Waals surface area contributed by atoms with E-state index in [-0.39, 0.29) is 0 Å². The minimum atomic E-state index is -0.643. The Kier molecular flexibility index (Phi) is 5.85. The van der Waals surface area contributed by atoms with Gasteiger partial charge in [-0.2, -0.15) is 0 Å². The standard InChI is InChI=1S/C14H20N2O3/c1-4-16(5-2)14(18)13(17)15-11-9-7-8-10-12(11)19-6-3/h7-10H,4-6H2,1-3H3,(H,15,17). The lowest BCUT2D eigenvalue weighted by Crippen LogP contribution is -2.39. The number of nitrogens with zero attached hydrogens (tertiary/aromatic N) is 1. The first-order chi connectivity index (χ1) is 9.13. The largest absolute Gasteiger partial charge is 0.492 e. The molecule has 1 aromatic carbocycles. The smallest absolute Gasteiger partial charge is 0.314 e. The molecular weight excluding hydrogens is 244 g/mol. The van der Waals surface area contributed by atoms with E-state index in [1.54, 1.807) is 18.2 Å². The Morgan fingerprint density at radius 2 is 1.79 bits per heavy atom. The number of para-hydroxylation sites is 2. The summed E-state index contributed by atoms with van der Waals surface area (Å²) in [5.41, 5.74) is 0.509. The first-order valence-corrected chi connectivity index (χ1v) is 6.46. The van der Waals surface area contributed by atoms with Crippen molar-refractivity contribution in [1.29, 1.82) is 0 Å². The van der Waals surface area contributed by atoms with Crippen LogP contribution < -0.4 is 10.1 Å². The van der Waals surface area contributed by atoms with Gasteiger partial charge >= 0.3 is 11.8 Å². The van der Waals surface area contributed by atoms with E-state index in [4.69, 9.17) is 4.74 Å². The van der Waals surface area contributed by atoms with E-state index in [1.165, 1.54) is 4.90 Å². The number of benzene rings is 1. The number of hydrogen-bond donors (Lipinski definition) is 1. The van der Waals surface area contributed by atoms with Crippen molar-refractivity contribution in [2.75, 3.05) is 25.0 Å². The highest BCUT2D eigenvalue weighted by atomic mass is 16.5. The molecule has 0 radical (unpaired) electrons. The van der Waals surface area contributed by atoms with Gasteiger partial charge in [0.2, 0.25) is 0 Å². The molecule has 0 spiro atoms. The third-order valence-electron chi connectivity index (χ3n) is 2.68. The molecule has 19 heavy (non-hydrogen) atoms. The van der Waals surface area contributed by atoms with Crippen LogP contribution in [0.2, 0.25) is 0 Å². The van der Waals surface area contributed by atoms with Crippen molar-refractivity contribution in [1.82, 2.24) is 4.90 Å². The van der Waals surface area contributed by atoms with Gasteiger partial charge in [-0.15, -0.1) is 0 Å². The molecule has 0 fully saturated rings. The van der Waals surface area contributed by atoms with E-state index in [0.29, 0.717) is 31.1 Å². The number of anilines is 1. The Balaban J connectivity index is 2.79. The van der Waals surface area contributed by atoms with Crippen molar-refractivity contribution in [3.05, 3.63) is 24.3 Å². The summed E-state index contributed by atoms with van der Waals surface area (Å²) < 4.78 is 5.39. The molecule has 104 valence electrons. The Morgan fingerprint density at radius 3 is 2.37 bits per heavy atom. The molecule has 1 aromatic rings. The van der Waals surface area contributed by atoms with Gasteiger partial charge in [-0.25, -0.2) is 0 Å². The van der Waals surface area contributed by atoms with Gasteiger partial charge in [-0.3, -0.25) is 9.59 Å². The highest BCUT2D eigenvalue weighted by Gasteiger charge is 2.20. The summed E-state index contributed by atoms with van der Waals surface area (Å²) >= 11 is 0. The molecule has 0 aliphatic heterocycles. The zero-order valence-corrected chi connectivity index (χ0v) is 11.6. The number of hydrogen-bond acceptors (Lipinski definition) is 3. The second-order valence-corrected chi connectivity index (χ2v) is 3.86. The van der Waals surface area contributed by atoms with Crippen LogP contribution in [0.15, 0.2) is 24.3 Å². The predicted octanol–water partition coefficient (Wildman–Crippen LogP) is 1.89. The summed E-state index contributed by atoms with van der Waals surface area (Å²) in [6.07, 6.45) is 0. The van der Waals surface area contributed by atoms with Crippen molar-refractivity contribution in [2.45, 2.75) is 20.8 Å². The van der Waals surface area contributed by atoms with Crippen LogP contribution in [0, 0.1) is 0 Å². The summed E-state index contributed by atoms with van der Waals surface area (Å²) in [5, 5.41) is 2.59. The van der Waals surface area contributed by atoms with Crippen LogP contribution in [-0.2, 0) is 9.59 Å². The normalized spacial score (nSPS) is 9.84. The summed E-state index contributed by atoms with van der Waals surface area (Å²) in [5.74, 6) is -0.613. The number of ether oxygens (including phenoxy) is 1. The number of carbonyl (C=O) groups is 2. The average Bonchev–Trinajstić information content (AvgIpc) is 2.42. The molecule has 5 nitrogen and oxygen atoms in total. The molecule has 0 unspecified atom stereocenters. The van der Waals surface area contributed by atoms with E-state index < -0.39 is 11.8 Å². The van der Waals surface area contributed by atoms with Crippen LogP contribution >= 0.6 is 0 Å². The van der Waals surface area contributed by atoms with Gasteiger partial charge in [0.15, 0.2) is 0 Å². The molecular formula is C14H20N2O3. The van der Waals surface area contributed by atoms with E-state index in [2.05, 4.69) is 5.32 Å². The molecule has 0 saturated heterocycles. The Morgan fingerprint density at radius 1 is 1.16 bits per heavy atom. The quantitative estimate of drug-likeness (QED) is 0.826. The summed E-state index contributed by atoms with van der Waals surface area (Å²) in [4.78, 5) is 25.2. The van der Waals surface area contributed by atoms with Gasteiger partial charge in [0.25, 0.3) is 0 Å². The number of likely N-dealkylation sites (N-methyl/N-ethyl adjacent to an activating group) is 1. The Labute approximate surface area is 113 Å². The van der Waals surface area contributed by atoms with Crippen molar-refractivity contribution in [3.63, 3.8) is 0 Å². The maximum atomic E-state index is 11.9. The fourth-order valence-electron chi connectivity index (χ4n) is 1.68. The lowest BCUT2D eigenvalue weighted by atomic mass is 10.3. The van der Waals surface area contributed by atoms with Crippen molar-refractivity contribution >= 4 is 17.5 Å². The van der Waals surface area contributed by atoms with Crippen LogP contribution in [0.5, 0.6) is 5.75 Å². The van der Waals surface area contributed by atoms with E-state index in [9.17, 15) is 9.59 Å². The van der Waals surface area contributed by atoms with Gasteiger partial charge in [-0.1, -0.05) is 12.1 Å². The van der Waals surface area contributed by atoms with Crippen LogP contribution in [0.4, 0.5) is 5.69 Å². The molecule has 0 aromatic heterocycles. The monoisotopic (exact) mass is 264 g/mol. The summed E-state index contributed by atoms with van der Waals surface area (Å²) in [7, 11) is 0. The van der Waals surface area contributed by atoms with E-state index in [1.807, 2.05) is 26.8 Å². The molecule has 0 aliphatic rings. The van der Waals surface area contributed by atoms with Gasteiger partial charge < -0.3 is 15.0 Å². The third kappa shape index (κ3) is 3.98. The van der Waals surface area contributed by atoms with Crippen LogP contribution in [0.3, 0.4) is 0 Å². The topological polar surface area (TPSA) is 58.6 Å². The maximum Gasteiger partial charge on any atom is 0.314 e. The maximum absolute atomic E-state index is 11.9. The molecule has 1 rings (SSSR count). The minimum absolute atomic E-state index is 0.497. The van der Waals surface area contributed by atoms with Gasteiger partial charge in [0.1, 0.15) is 5.75 Å². The summed E-state index contributed by atoms with van der Waals surface area (Å²) in [6, 6.07) is 7.05. The number of nitrogens with one attached hydrogen (secondary N) is 1. The number of carbonyl (C=O) groups excluding carboxylic acids is 2. The van der Waals surface area contributed by atoms with Crippen molar-refractivity contribution in [2.24, 2.45) is 0 Å². The van der Waals surface area contributed by atoms with E-state index >= 15 is 0 Å². The molecule has 0 heterocycles. The molecule has 2 amide bonds. The summed E-state index contributed by atoms with van der Waals surface area (Å²) in [6.45, 7) is 7.05. The Hall–Kier alpha value is -2.04. The molecule has 0 atom stereocenters. The fraction of sp³-hybridized carbons (Fsp3) is 0.429. The first-order valence-electron chi connectivity index (χ1n) is 6.46. The highest BCUT2D eigenvalue weighted by Crippen LogP contribution is 2.23. The molecule has 5 heteroatoms. The van der Waals surface area contributed by atoms with Crippen LogP contribution in [-0.4, -0.2) is 36.4 Å². The molecule has 1 N–H and O–H groups in total. The number of amides is 2. The highest BCUT2D eigenvalue weighted by molar-refractivity contribution is 6.39.